The summed E-state index contributed by atoms with van der Waals surface area (Å²) in [6.07, 6.45) is 0.654. The molecule has 1 aromatic rings. The number of carbonyl (C=O) groups excluding carboxylic acids is 1. The van der Waals surface area contributed by atoms with E-state index in [0.29, 0.717) is 24.1 Å². The van der Waals surface area contributed by atoms with E-state index in [0.717, 1.165) is 11.3 Å². The summed E-state index contributed by atoms with van der Waals surface area (Å²) in [5, 5.41) is 0. The molecule has 104 valence electrons. The van der Waals surface area contributed by atoms with Crippen LogP contribution in [0, 0.1) is 13.8 Å². The van der Waals surface area contributed by atoms with Gasteiger partial charge in [0.2, 0.25) is 5.92 Å². The van der Waals surface area contributed by atoms with Crippen molar-refractivity contribution >= 4 is 5.91 Å². The highest BCUT2D eigenvalue weighted by atomic mass is 19.3. The maximum absolute atomic E-state index is 13.2. The Morgan fingerprint density at radius 3 is 2.42 bits per heavy atom. The Balaban J connectivity index is 2.30. The highest BCUT2D eigenvalue weighted by Gasteiger charge is 2.36. The Morgan fingerprint density at radius 1 is 1.32 bits per heavy atom. The first-order valence-corrected chi connectivity index (χ1v) is 6.46. The lowest BCUT2D eigenvalue weighted by Crippen LogP contribution is -2.24. The first kappa shape index (κ1) is 13.9. The maximum atomic E-state index is 13.2. The van der Waals surface area contributed by atoms with E-state index in [1.807, 2.05) is 6.92 Å². The average molecular weight is 268 g/mol. The highest BCUT2D eigenvalue weighted by molar-refractivity contribution is 5.94. The molecule has 1 heterocycles. The lowest BCUT2D eigenvalue weighted by atomic mass is 9.81. The molecule has 1 fully saturated rings. The molecular formula is C14H18F2N2O. The number of halogens is 2. The van der Waals surface area contributed by atoms with Gasteiger partial charge in [-0.05, 0) is 44.2 Å². The summed E-state index contributed by atoms with van der Waals surface area (Å²) in [5.74, 6) is -3.02. The molecule has 1 aromatic heterocycles. The molecule has 1 amide bonds. The Labute approximate surface area is 111 Å². The summed E-state index contributed by atoms with van der Waals surface area (Å²) in [6.45, 7) is 3.58. The Bertz CT molecular complexity index is 504. The quantitative estimate of drug-likeness (QED) is 0.896. The first-order chi connectivity index (χ1) is 8.80. The monoisotopic (exact) mass is 268 g/mol. The van der Waals surface area contributed by atoms with Gasteiger partial charge in [-0.2, -0.15) is 0 Å². The topological polar surface area (TPSA) is 56.0 Å². The Morgan fingerprint density at radius 2 is 1.89 bits per heavy atom. The fraction of sp³-hybridized carbons (Fsp3) is 0.571. The molecule has 0 aliphatic heterocycles. The number of rotatable bonds is 2. The summed E-state index contributed by atoms with van der Waals surface area (Å²) in [4.78, 5) is 15.7. The van der Waals surface area contributed by atoms with Crippen LogP contribution in [0.1, 0.15) is 58.9 Å². The van der Waals surface area contributed by atoms with Crippen molar-refractivity contribution in [2.75, 3.05) is 0 Å². The first-order valence-electron chi connectivity index (χ1n) is 6.46. The van der Waals surface area contributed by atoms with Crippen LogP contribution in [-0.4, -0.2) is 16.8 Å². The smallest absolute Gasteiger partial charge is 0.250 e. The van der Waals surface area contributed by atoms with Gasteiger partial charge in [-0.15, -0.1) is 0 Å². The van der Waals surface area contributed by atoms with Crippen molar-refractivity contribution < 1.29 is 13.6 Å². The number of aryl methyl sites for hydroxylation is 2. The van der Waals surface area contributed by atoms with Crippen LogP contribution in [0.2, 0.25) is 0 Å². The maximum Gasteiger partial charge on any atom is 0.250 e. The summed E-state index contributed by atoms with van der Waals surface area (Å²) >= 11 is 0. The van der Waals surface area contributed by atoms with E-state index in [4.69, 9.17) is 5.73 Å². The molecule has 2 N–H and O–H groups in total. The van der Waals surface area contributed by atoms with Crippen molar-refractivity contribution in [1.82, 2.24) is 4.98 Å². The molecule has 0 unspecified atom stereocenters. The van der Waals surface area contributed by atoms with E-state index >= 15 is 0 Å². The number of nitrogens with two attached hydrogens (primary N) is 1. The van der Waals surface area contributed by atoms with Crippen molar-refractivity contribution in [2.45, 2.75) is 51.4 Å². The molecule has 0 spiro atoms. The number of pyridine rings is 1. The normalized spacial score (nSPS) is 19.4. The number of hydrogen-bond acceptors (Lipinski definition) is 2. The van der Waals surface area contributed by atoms with E-state index in [-0.39, 0.29) is 18.8 Å². The van der Waals surface area contributed by atoms with Gasteiger partial charge < -0.3 is 5.73 Å². The van der Waals surface area contributed by atoms with Crippen molar-refractivity contribution in [1.29, 1.82) is 0 Å². The molecule has 2 rings (SSSR count). The number of nitrogens with zero attached hydrogens (tertiary/aromatic N) is 1. The van der Waals surface area contributed by atoms with Gasteiger partial charge in [-0.25, -0.2) is 8.78 Å². The molecule has 1 aliphatic rings. The summed E-state index contributed by atoms with van der Waals surface area (Å²) in [6, 6.07) is 1.73. The predicted octanol–water partition coefficient (Wildman–Crippen LogP) is 3.09. The van der Waals surface area contributed by atoms with Crippen LogP contribution < -0.4 is 5.73 Å². The Kier molecular flexibility index (Phi) is 3.56. The molecule has 1 aliphatic carbocycles. The molecule has 1 saturated carbocycles. The van der Waals surface area contributed by atoms with Crippen molar-refractivity contribution in [3.05, 3.63) is 28.6 Å². The summed E-state index contributed by atoms with van der Waals surface area (Å²) in [5.41, 5.74) is 7.97. The standard InChI is InChI=1S/C14H18F2N2O/c1-8-11(7-12(13(17)19)9(2)18-8)10-3-5-14(15,16)6-4-10/h7,10H,3-6H2,1-2H3,(H2,17,19). The number of carbonyl (C=O) groups is 1. The molecule has 0 bridgehead atoms. The molecule has 5 heteroatoms. The summed E-state index contributed by atoms with van der Waals surface area (Å²) < 4.78 is 26.4. The van der Waals surface area contributed by atoms with E-state index < -0.39 is 11.8 Å². The molecule has 0 saturated heterocycles. The minimum absolute atomic E-state index is 0.0471. The van der Waals surface area contributed by atoms with Gasteiger partial charge in [0.05, 0.1) is 11.3 Å². The zero-order valence-electron chi connectivity index (χ0n) is 11.2. The van der Waals surface area contributed by atoms with Gasteiger partial charge in [0.1, 0.15) is 0 Å². The molecular weight excluding hydrogens is 250 g/mol. The number of amides is 1. The largest absolute Gasteiger partial charge is 0.366 e. The number of hydrogen-bond donors (Lipinski definition) is 1. The molecule has 0 aromatic carbocycles. The van der Waals surface area contributed by atoms with Crippen LogP contribution in [0.25, 0.3) is 0 Å². The number of aromatic nitrogens is 1. The molecule has 0 radical (unpaired) electrons. The molecule has 0 atom stereocenters. The summed E-state index contributed by atoms with van der Waals surface area (Å²) in [7, 11) is 0. The zero-order chi connectivity index (χ0) is 14.2. The minimum atomic E-state index is -2.55. The molecule has 19 heavy (non-hydrogen) atoms. The van der Waals surface area contributed by atoms with Crippen molar-refractivity contribution in [2.24, 2.45) is 5.73 Å². The number of alkyl halides is 2. The van der Waals surface area contributed by atoms with Crippen LogP contribution in [0.15, 0.2) is 6.07 Å². The van der Waals surface area contributed by atoms with Crippen LogP contribution in [0.3, 0.4) is 0 Å². The SMILES string of the molecule is Cc1nc(C)c(C2CCC(F)(F)CC2)cc1C(N)=O. The van der Waals surface area contributed by atoms with Crippen LogP contribution in [0.4, 0.5) is 8.78 Å². The third-order valence-corrected chi connectivity index (χ3v) is 3.87. The van der Waals surface area contributed by atoms with Crippen molar-refractivity contribution in [3.8, 4) is 0 Å². The van der Waals surface area contributed by atoms with Gasteiger partial charge in [0, 0.05) is 18.5 Å². The van der Waals surface area contributed by atoms with E-state index in [2.05, 4.69) is 4.98 Å². The average Bonchev–Trinajstić information content (AvgIpc) is 2.29. The fourth-order valence-electron chi connectivity index (χ4n) is 2.75. The second kappa shape index (κ2) is 4.87. The van der Waals surface area contributed by atoms with E-state index in [1.54, 1.807) is 13.0 Å². The lowest BCUT2D eigenvalue weighted by Gasteiger charge is -2.29. The number of primary amides is 1. The fourth-order valence-corrected chi connectivity index (χ4v) is 2.75. The zero-order valence-corrected chi connectivity index (χ0v) is 11.2. The third kappa shape index (κ3) is 2.91. The second-order valence-corrected chi connectivity index (χ2v) is 5.29. The van der Waals surface area contributed by atoms with E-state index in [9.17, 15) is 13.6 Å². The predicted molar refractivity (Wildman–Crippen MR) is 68.4 cm³/mol. The van der Waals surface area contributed by atoms with Crippen LogP contribution >= 0.6 is 0 Å². The van der Waals surface area contributed by atoms with Gasteiger partial charge in [-0.3, -0.25) is 9.78 Å². The van der Waals surface area contributed by atoms with Crippen LogP contribution in [-0.2, 0) is 0 Å². The second-order valence-electron chi connectivity index (χ2n) is 5.29. The van der Waals surface area contributed by atoms with Gasteiger partial charge in [-0.1, -0.05) is 0 Å². The highest BCUT2D eigenvalue weighted by Crippen LogP contribution is 2.41. The molecule has 3 nitrogen and oxygen atoms in total. The van der Waals surface area contributed by atoms with Gasteiger partial charge >= 0.3 is 0 Å². The Hall–Kier alpha value is -1.52. The third-order valence-electron chi connectivity index (χ3n) is 3.87. The van der Waals surface area contributed by atoms with Crippen molar-refractivity contribution in [3.63, 3.8) is 0 Å². The van der Waals surface area contributed by atoms with E-state index in [1.165, 1.54) is 0 Å². The minimum Gasteiger partial charge on any atom is -0.366 e. The van der Waals surface area contributed by atoms with Crippen LogP contribution in [0.5, 0.6) is 0 Å². The van der Waals surface area contributed by atoms with Gasteiger partial charge in [0.15, 0.2) is 0 Å². The lowest BCUT2D eigenvalue weighted by molar-refractivity contribution is -0.0383. The van der Waals surface area contributed by atoms with Gasteiger partial charge in [0.25, 0.3) is 5.91 Å².